The molecule has 4 aromatic carbocycles. The van der Waals surface area contributed by atoms with E-state index < -0.39 is 29.9 Å². The number of rotatable bonds is 19. The first-order valence-corrected chi connectivity index (χ1v) is 23.8. The fraction of sp³-hybridized carbons (Fsp3) is 0.404. The van der Waals surface area contributed by atoms with Crippen molar-refractivity contribution in [1.29, 1.82) is 0 Å². The average Bonchev–Trinajstić information content (AvgIpc) is 3.57. The Hall–Kier alpha value is -7.47. The van der Waals surface area contributed by atoms with E-state index in [2.05, 4.69) is 28.1 Å². The molecular weight excluding hydrogens is 895 g/mol. The maximum atomic E-state index is 14.2. The van der Waals surface area contributed by atoms with Crippen molar-refractivity contribution in [3.63, 3.8) is 0 Å². The zero-order valence-corrected chi connectivity index (χ0v) is 40.0. The predicted octanol–water partition coefficient (Wildman–Crippen LogP) is 5.75. The second-order valence-corrected chi connectivity index (χ2v) is 18.3. The van der Waals surface area contributed by atoms with Crippen LogP contribution in [0.25, 0.3) is 0 Å². The van der Waals surface area contributed by atoms with Gasteiger partial charge in [-0.1, -0.05) is 44.2 Å². The lowest BCUT2D eigenvalue weighted by Gasteiger charge is -2.34. The van der Waals surface area contributed by atoms with Crippen LogP contribution in [-0.4, -0.2) is 110 Å². The minimum atomic E-state index is -0.924. The summed E-state index contributed by atoms with van der Waals surface area (Å²) >= 11 is 0. The van der Waals surface area contributed by atoms with E-state index in [1.165, 1.54) is 12.7 Å². The Balaban J connectivity index is 0.848. The van der Waals surface area contributed by atoms with E-state index in [0.717, 1.165) is 36.0 Å². The maximum absolute atomic E-state index is 14.2. The number of hydrogen-bond acceptors (Lipinski definition) is 12. The van der Waals surface area contributed by atoms with Crippen LogP contribution in [0.15, 0.2) is 76.7 Å². The van der Waals surface area contributed by atoms with Gasteiger partial charge in [-0.25, -0.2) is 4.79 Å². The lowest BCUT2D eigenvalue weighted by Crippen LogP contribution is -2.51. The fourth-order valence-electron chi connectivity index (χ4n) is 9.12. The molecule has 368 valence electrons. The Bertz CT molecular complexity index is 2710. The molecule has 4 heterocycles. The molecule has 6 amide bonds. The van der Waals surface area contributed by atoms with E-state index in [0.29, 0.717) is 90.2 Å². The molecular formula is C52H61N9O9. The van der Waals surface area contributed by atoms with Gasteiger partial charge >= 0.3 is 6.03 Å². The summed E-state index contributed by atoms with van der Waals surface area (Å²) in [5.74, 6) is 0.527. The summed E-state index contributed by atoms with van der Waals surface area (Å²) in [7, 11) is 3.09. The number of hydrogen-bond donors (Lipinski definition) is 5. The number of carbonyl (C=O) groups excluding carboxylic acids is 5. The number of aliphatic imine (C=N–C) groups is 2. The monoisotopic (exact) mass is 955 g/mol. The quantitative estimate of drug-likeness (QED) is 0.0713. The number of unbranched alkanes of at least 4 members (excludes halogenated alkanes) is 2. The average molecular weight is 956 g/mol. The number of benzene rings is 4. The molecule has 1 unspecified atom stereocenters. The Labute approximate surface area is 407 Å². The first kappa shape index (κ1) is 49.0. The van der Waals surface area contributed by atoms with E-state index in [1.54, 1.807) is 48.6 Å². The predicted molar refractivity (Wildman–Crippen MR) is 265 cm³/mol. The van der Waals surface area contributed by atoms with Crippen molar-refractivity contribution in [2.45, 2.75) is 96.1 Å². The highest BCUT2D eigenvalue weighted by Gasteiger charge is 2.35. The fourth-order valence-corrected chi connectivity index (χ4v) is 9.12. The number of anilines is 1. The highest BCUT2D eigenvalue weighted by atomic mass is 16.5. The number of nitrogens with one attached hydrogen (secondary N) is 3. The zero-order chi connectivity index (χ0) is 49.5. The zero-order valence-electron chi connectivity index (χ0n) is 40.0. The van der Waals surface area contributed by atoms with Gasteiger partial charge in [0.25, 0.3) is 11.8 Å². The number of nitrogens with zero attached hydrogens (tertiary/aromatic N) is 4. The Morgan fingerprint density at radius 3 is 1.81 bits per heavy atom. The van der Waals surface area contributed by atoms with Crippen LogP contribution in [0, 0.1) is 5.92 Å². The first-order chi connectivity index (χ1) is 33.8. The molecule has 0 radical (unpaired) electrons. The number of amides is 6. The number of ether oxygens (including phenoxy) is 4. The number of urea groups is 1. The third-order valence-electron chi connectivity index (χ3n) is 13.2. The van der Waals surface area contributed by atoms with E-state index in [4.69, 9.17) is 40.4 Å². The van der Waals surface area contributed by atoms with Gasteiger partial charge in [0.05, 0.1) is 68.1 Å². The molecule has 7 N–H and O–H groups in total. The Morgan fingerprint density at radius 1 is 0.700 bits per heavy atom. The van der Waals surface area contributed by atoms with Gasteiger partial charge in [-0.3, -0.25) is 29.2 Å². The Kier molecular flexibility index (Phi) is 15.3. The van der Waals surface area contributed by atoms with Crippen LogP contribution in [0.3, 0.4) is 0 Å². The van der Waals surface area contributed by atoms with Crippen LogP contribution in [0.1, 0.15) is 88.9 Å². The van der Waals surface area contributed by atoms with Gasteiger partial charge in [-0.05, 0) is 97.4 Å². The number of fused-ring (bicyclic) bond motifs is 6. The van der Waals surface area contributed by atoms with Crippen molar-refractivity contribution in [3.05, 3.63) is 100 Å². The van der Waals surface area contributed by atoms with Crippen molar-refractivity contribution in [1.82, 2.24) is 20.4 Å². The summed E-state index contributed by atoms with van der Waals surface area (Å²) in [6, 6.07) is 17.8. The summed E-state index contributed by atoms with van der Waals surface area (Å²) < 4.78 is 23.8. The second-order valence-electron chi connectivity index (χ2n) is 18.3. The van der Waals surface area contributed by atoms with Crippen LogP contribution >= 0.6 is 0 Å². The van der Waals surface area contributed by atoms with Gasteiger partial charge in [-0.2, -0.15) is 0 Å². The molecule has 18 heteroatoms. The van der Waals surface area contributed by atoms with Crippen LogP contribution in [0.4, 0.5) is 21.9 Å². The van der Waals surface area contributed by atoms with Gasteiger partial charge in [0.2, 0.25) is 11.8 Å². The molecule has 4 atom stereocenters. The van der Waals surface area contributed by atoms with Crippen molar-refractivity contribution < 1.29 is 42.9 Å². The van der Waals surface area contributed by atoms with E-state index >= 15 is 0 Å². The lowest BCUT2D eigenvalue weighted by atomic mass is 9.93. The summed E-state index contributed by atoms with van der Waals surface area (Å²) in [5.41, 5.74) is 17.9. The minimum Gasteiger partial charge on any atom is -0.493 e. The first-order valence-electron chi connectivity index (χ1n) is 23.8. The van der Waals surface area contributed by atoms with Crippen molar-refractivity contribution in [2.75, 3.05) is 39.3 Å². The van der Waals surface area contributed by atoms with Gasteiger partial charge in [-0.15, -0.1) is 0 Å². The number of nitrogens with two attached hydrogens (primary N) is 2. The lowest BCUT2D eigenvalue weighted by molar-refractivity contribution is -0.128. The molecule has 4 aliphatic heterocycles. The van der Waals surface area contributed by atoms with Crippen molar-refractivity contribution in [3.8, 4) is 23.0 Å². The molecule has 0 saturated carbocycles. The molecule has 0 saturated heterocycles. The van der Waals surface area contributed by atoms with E-state index in [9.17, 15) is 24.0 Å². The van der Waals surface area contributed by atoms with E-state index in [-0.39, 0.29) is 49.3 Å². The topological polar surface area (TPSA) is 242 Å². The third kappa shape index (κ3) is 11.0. The van der Waals surface area contributed by atoms with Crippen LogP contribution in [-0.2, 0) is 35.5 Å². The smallest absolute Gasteiger partial charge is 0.312 e. The van der Waals surface area contributed by atoms with Crippen LogP contribution < -0.4 is 46.4 Å². The highest BCUT2D eigenvalue weighted by Crippen LogP contribution is 2.40. The summed E-state index contributed by atoms with van der Waals surface area (Å²) in [4.78, 5) is 78.7. The maximum Gasteiger partial charge on any atom is 0.312 e. The Morgan fingerprint density at radius 2 is 1.26 bits per heavy atom. The summed E-state index contributed by atoms with van der Waals surface area (Å²) in [5, 5.41) is 8.18. The standard InChI is InChI=1S/C52H61N9O9/c1-30(2)47(53)49(63)59-40(13-10-16-55-52(54)66)48(62)58-35-15-14-32-21-37-27-57-42-25-46(44(68-4)23-39(42)51(65)61(37)29-34(32)19-35)70-18-9-5-8-17-69-45-24-41-38(22-43(45)67-3)50(64)60-28-33-12-7-6-11-31(33)20-36(60)26-56-41/h6-7,11-12,14-15,19,22-27,30,36-37,40,47H,5,8-10,13,16-18,20-21,28-29,53H2,1-4H3,(H,58,62)(H,59,63)(H3,54,55,66)/t36-,37?,40-,47-/m0/s1. The SMILES string of the molecule is COc1cc2c(cc1OCCCCCOc1cc3c(cc1OC)C(=O)N1Cc4ccccc4C[C@H]1C=N3)N=CC1Cc3ccc(NC(=O)[C@H](CCCNC(N)=O)NC(=O)[C@@H](N)C(C)C)cc3CN1C2=O. The molecule has 18 nitrogen and oxygen atoms in total. The molecule has 8 rings (SSSR count). The van der Waals surface area contributed by atoms with Crippen molar-refractivity contribution in [2.24, 2.45) is 27.4 Å². The van der Waals surface area contributed by atoms with Crippen LogP contribution in [0.5, 0.6) is 23.0 Å². The molecule has 4 aliphatic rings. The molecule has 4 aromatic rings. The molecule has 0 bridgehead atoms. The minimum absolute atomic E-state index is 0.0852. The number of carbonyl (C=O) groups is 5. The third-order valence-corrected chi connectivity index (χ3v) is 13.2. The van der Waals surface area contributed by atoms with Gasteiger partial charge < -0.3 is 56.2 Å². The number of methoxy groups -OCH3 is 2. The highest BCUT2D eigenvalue weighted by molar-refractivity contribution is 6.05. The largest absolute Gasteiger partial charge is 0.493 e. The van der Waals surface area contributed by atoms with Gasteiger partial charge in [0.1, 0.15) is 6.04 Å². The summed E-state index contributed by atoms with van der Waals surface area (Å²) in [6.45, 7) is 5.47. The summed E-state index contributed by atoms with van der Waals surface area (Å²) in [6.07, 6.45) is 7.73. The van der Waals surface area contributed by atoms with Gasteiger partial charge in [0, 0.05) is 49.9 Å². The molecule has 0 spiro atoms. The second kappa shape index (κ2) is 21.9. The van der Waals surface area contributed by atoms with Gasteiger partial charge in [0.15, 0.2) is 23.0 Å². The molecule has 0 aromatic heterocycles. The molecule has 70 heavy (non-hydrogen) atoms. The van der Waals surface area contributed by atoms with E-state index in [1.807, 2.05) is 49.2 Å². The molecule has 0 fully saturated rings. The molecule has 0 aliphatic carbocycles. The number of primary amides is 1. The van der Waals surface area contributed by atoms with Crippen molar-refractivity contribution >= 4 is 59.2 Å². The van der Waals surface area contributed by atoms with Crippen LogP contribution in [0.2, 0.25) is 0 Å². The normalized spacial score (nSPS) is 17.3.